The van der Waals surface area contributed by atoms with Crippen molar-refractivity contribution in [2.24, 2.45) is 0 Å². The number of rotatable bonds is 0. The van der Waals surface area contributed by atoms with E-state index in [1.165, 1.54) is 12.3 Å². The van der Waals surface area contributed by atoms with Gasteiger partial charge < -0.3 is 9.41 Å². The van der Waals surface area contributed by atoms with Crippen molar-refractivity contribution in [1.82, 2.24) is 4.98 Å². The summed E-state index contributed by atoms with van der Waals surface area (Å²) in [6, 6.07) is 4.57. The minimum atomic E-state index is -0.428. The van der Waals surface area contributed by atoms with Crippen LogP contribution in [0, 0.1) is 5.95 Å². The predicted molar refractivity (Wildman–Crippen MR) is 24.2 cm³/mol. The second-order valence-electron chi connectivity index (χ2n) is 1.15. The van der Waals surface area contributed by atoms with Crippen molar-refractivity contribution in [1.29, 1.82) is 0 Å². The van der Waals surface area contributed by atoms with E-state index < -0.39 is 5.95 Å². The van der Waals surface area contributed by atoms with Gasteiger partial charge >= 0.3 is 17.1 Å². The summed E-state index contributed by atoms with van der Waals surface area (Å²) < 4.78 is 11.8. The van der Waals surface area contributed by atoms with Crippen molar-refractivity contribution in [3.63, 3.8) is 0 Å². The first-order valence-corrected chi connectivity index (χ1v) is 1.96. The molecular formula is C5H4CuF3N. The van der Waals surface area contributed by atoms with Gasteiger partial charge in [-0.15, -0.1) is 0 Å². The van der Waals surface area contributed by atoms with Crippen molar-refractivity contribution in [3.8, 4) is 0 Å². The summed E-state index contributed by atoms with van der Waals surface area (Å²) in [4.78, 5) is 3.31. The van der Waals surface area contributed by atoms with Gasteiger partial charge in [0.2, 0.25) is 5.95 Å². The van der Waals surface area contributed by atoms with Gasteiger partial charge in [0, 0.05) is 6.20 Å². The summed E-state index contributed by atoms with van der Waals surface area (Å²) in [5.74, 6) is -0.428. The topological polar surface area (TPSA) is 12.9 Å². The van der Waals surface area contributed by atoms with E-state index in [2.05, 4.69) is 4.98 Å². The molecule has 0 aliphatic heterocycles. The van der Waals surface area contributed by atoms with E-state index in [1.54, 1.807) is 12.1 Å². The second kappa shape index (κ2) is 8.46. The van der Waals surface area contributed by atoms with Crippen LogP contribution in [0.2, 0.25) is 0 Å². The van der Waals surface area contributed by atoms with Gasteiger partial charge in [0.25, 0.3) is 0 Å². The largest absolute Gasteiger partial charge is 2.00 e. The molecule has 1 heterocycles. The minimum absolute atomic E-state index is 0. The number of aromatic nitrogens is 1. The smallest absolute Gasteiger partial charge is 1.00 e. The monoisotopic (exact) mass is 198 g/mol. The quantitative estimate of drug-likeness (QED) is 0.301. The maximum Gasteiger partial charge on any atom is 2.00 e. The van der Waals surface area contributed by atoms with Crippen LogP contribution in [-0.2, 0) is 17.1 Å². The molecule has 1 rings (SSSR count). The first-order valence-electron chi connectivity index (χ1n) is 1.96. The molecule has 1 aromatic heterocycles. The van der Waals surface area contributed by atoms with Gasteiger partial charge in [-0.25, -0.2) is 4.98 Å². The molecule has 0 aliphatic rings. The molecule has 1 radical (unpaired) electrons. The zero-order chi connectivity index (χ0) is 5.11. The van der Waals surface area contributed by atoms with Crippen LogP contribution in [0.4, 0.5) is 4.39 Å². The van der Waals surface area contributed by atoms with E-state index in [1.807, 2.05) is 0 Å². The summed E-state index contributed by atoms with van der Waals surface area (Å²) in [6.07, 6.45) is 1.41. The molecule has 0 fully saturated rings. The first kappa shape index (κ1) is 16.2. The van der Waals surface area contributed by atoms with Crippen LogP contribution in [0.5, 0.6) is 0 Å². The van der Waals surface area contributed by atoms with E-state index in [-0.39, 0.29) is 26.5 Å². The molecule has 10 heavy (non-hydrogen) atoms. The van der Waals surface area contributed by atoms with Gasteiger partial charge in [0.15, 0.2) is 0 Å². The normalized spacial score (nSPS) is 6.10. The molecule has 0 unspecified atom stereocenters. The number of pyridine rings is 1. The van der Waals surface area contributed by atoms with Crippen LogP contribution in [0.25, 0.3) is 0 Å². The Morgan fingerprint density at radius 3 is 2.00 bits per heavy atom. The molecule has 0 aromatic carbocycles. The fourth-order valence-corrected chi connectivity index (χ4v) is 0.342. The molecule has 5 heteroatoms. The molecule has 0 N–H and O–H groups in total. The molecule has 0 saturated carbocycles. The predicted octanol–water partition coefficient (Wildman–Crippen LogP) is -4.77. The van der Waals surface area contributed by atoms with Gasteiger partial charge in [0.05, 0.1) is 0 Å². The van der Waals surface area contributed by atoms with Crippen molar-refractivity contribution in [2.45, 2.75) is 0 Å². The summed E-state index contributed by atoms with van der Waals surface area (Å²) in [5.41, 5.74) is 0. The third-order valence-electron chi connectivity index (χ3n) is 0.629. The Hall–Kier alpha value is -0.541. The Balaban J connectivity index is -0.000000163. The van der Waals surface area contributed by atoms with Crippen LogP contribution in [-0.4, -0.2) is 4.98 Å². The third-order valence-corrected chi connectivity index (χ3v) is 0.629. The Bertz CT molecular complexity index is 147. The molecule has 0 amide bonds. The fraction of sp³-hybridized carbons (Fsp3) is 0. The first-order chi connectivity index (χ1) is 3.39. The Labute approximate surface area is 66.9 Å². The average Bonchev–Trinajstić information content (AvgIpc) is 1.69. The summed E-state index contributed by atoms with van der Waals surface area (Å²) in [5, 5.41) is 0. The fourth-order valence-electron chi connectivity index (χ4n) is 0.342. The third kappa shape index (κ3) is 5.59. The van der Waals surface area contributed by atoms with E-state index in [9.17, 15) is 4.39 Å². The van der Waals surface area contributed by atoms with Gasteiger partial charge in [-0.3, -0.25) is 0 Å². The molecule has 1 aromatic rings. The van der Waals surface area contributed by atoms with E-state index in [0.29, 0.717) is 0 Å². The standard InChI is InChI=1S/C5H4FN.Cu.2FH/c6-5-3-1-2-4-7-5;;;/h1-4H;;2*1H/q;+2;;/p-2. The van der Waals surface area contributed by atoms with E-state index >= 15 is 0 Å². The van der Waals surface area contributed by atoms with Gasteiger partial charge in [0.1, 0.15) is 0 Å². The number of nitrogens with zero attached hydrogens (tertiary/aromatic N) is 1. The minimum Gasteiger partial charge on any atom is -1.00 e. The Kier molecular flexibility index (Phi) is 13.7. The van der Waals surface area contributed by atoms with Gasteiger partial charge in [-0.1, -0.05) is 6.07 Å². The Morgan fingerprint density at radius 1 is 1.20 bits per heavy atom. The zero-order valence-electron chi connectivity index (χ0n) is 4.69. The number of halogens is 3. The summed E-state index contributed by atoms with van der Waals surface area (Å²) in [7, 11) is 0. The van der Waals surface area contributed by atoms with Crippen molar-refractivity contribution in [2.75, 3.05) is 0 Å². The molecule has 0 aliphatic carbocycles. The van der Waals surface area contributed by atoms with E-state index in [4.69, 9.17) is 0 Å². The maximum absolute atomic E-state index is 11.8. The maximum atomic E-state index is 11.8. The molecule has 0 atom stereocenters. The van der Waals surface area contributed by atoms with Crippen LogP contribution in [0.15, 0.2) is 24.4 Å². The van der Waals surface area contributed by atoms with Crippen LogP contribution < -0.4 is 9.41 Å². The van der Waals surface area contributed by atoms with Crippen molar-refractivity contribution < 1.29 is 30.9 Å². The molecule has 61 valence electrons. The second-order valence-corrected chi connectivity index (χ2v) is 1.15. The molecule has 0 saturated heterocycles. The van der Waals surface area contributed by atoms with Crippen molar-refractivity contribution in [3.05, 3.63) is 30.3 Å². The van der Waals surface area contributed by atoms with Crippen LogP contribution in [0.1, 0.15) is 0 Å². The van der Waals surface area contributed by atoms with Gasteiger partial charge in [-0.2, -0.15) is 4.39 Å². The molecule has 0 bridgehead atoms. The average molecular weight is 199 g/mol. The molecular weight excluding hydrogens is 195 g/mol. The molecule has 1 nitrogen and oxygen atoms in total. The van der Waals surface area contributed by atoms with Gasteiger partial charge in [-0.05, 0) is 12.1 Å². The number of hydrogen-bond acceptors (Lipinski definition) is 1. The van der Waals surface area contributed by atoms with Crippen molar-refractivity contribution >= 4 is 0 Å². The Morgan fingerprint density at radius 2 is 1.80 bits per heavy atom. The van der Waals surface area contributed by atoms with Crippen LogP contribution >= 0.6 is 0 Å². The SMILES string of the molecule is Fc1ccccn1.[Cu+2].[F-].[F-]. The molecule has 0 spiro atoms. The summed E-state index contributed by atoms with van der Waals surface area (Å²) >= 11 is 0. The van der Waals surface area contributed by atoms with Crippen LogP contribution in [0.3, 0.4) is 0 Å². The zero-order valence-corrected chi connectivity index (χ0v) is 5.63. The van der Waals surface area contributed by atoms with E-state index in [0.717, 1.165) is 0 Å². The number of hydrogen-bond donors (Lipinski definition) is 0. The summed E-state index contributed by atoms with van der Waals surface area (Å²) in [6.45, 7) is 0.